The number of H-pyrrole nitrogens is 1. The van der Waals surface area contributed by atoms with Gasteiger partial charge in [-0.2, -0.15) is 5.10 Å². The van der Waals surface area contributed by atoms with E-state index in [0.717, 1.165) is 17.7 Å². The van der Waals surface area contributed by atoms with Gasteiger partial charge in [0.15, 0.2) is 0 Å². The molecule has 1 aromatic heterocycles. The monoisotopic (exact) mass is 258 g/mol. The second kappa shape index (κ2) is 6.18. The van der Waals surface area contributed by atoms with Crippen molar-refractivity contribution >= 4 is 5.97 Å². The summed E-state index contributed by atoms with van der Waals surface area (Å²) >= 11 is 0. The number of carboxylic acid groups (broad SMARTS) is 1. The van der Waals surface area contributed by atoms with Crippen molar-refractivity contribution in [2.24, 2.45) is 0 Å². The van der Waals surface area contributed by atoms with E-state index in [9.17, 15) is 4.79 Å². The van der Waals surface area contributed by atoms with Crippen LogP contribution in [0.25, 0.3) is 11.3 Å². The van der Waals surface area contributed by atoms with Crippen molar-refractivity contribution in [2.75, 3.05) is 0 Å². The zero-order chi connectivity index (χ0) is 13.7. The van der Waals surface area contributed by atoms with Crippen molar-refractivity contribution < 1.29 is 9.90 Å². The predicted molar refractivity (Wildman–Crippen MR) is 74.0 cm³/mol. The molecule has 1 heterocycles. The van der Waals surface area contributed by atoms with Crippen LogP contribution in [0, 0.1) is 0 Å². The molecule has 0 atom stereocenters. The van der Waals surface area contributed by atoms with Crippen LogP contribution >= 0.6 is 0 Å². The first kappa shape index (κ1) is 13.3. The number of aryl methyl sites for hydroxylation is 1. The molecule has 0 aliphatic carbocycles. The minimum absolute atomic E-state index is 0.0105. The molecule has 2 aromatic rings. The molecule has 0 aliphatic heterocycles. The second-order valence-electron chi connectivity index (χ2n) is 4.64. The number of hydrogen-bond donors (Lipinski definition) is 2. The summed E-state index contributed by atoms with van der Waals surface area (Å²) in [6.07, 6.45) is 5.03. The Balaban J connectivity index is 2.18. The lowest BCUT2D eigenvalue weighted by Gasteiger charge is -2.04. The van der Waals surface area contributed by atoms with Crippen molar-refractivity contribution in [3.8, 4) is 11.3 Å². The van der Waals surface area contributed by atoms with Crippen LogP contribution in [0.3, 0.4) is 0 Å². The Kier molecular flexibility index (Phi) is 4.34. The summed E-state index contributed by atoms with van der Waals surface area (Å²) in [5.41, 5.74) is 3.80. The molecule has 2 rings (SSSR count). The van der Waals surface area contributed by atoms with Crippen LogP contribution in [0.5, 0.6) is 0 Å². The summed E-state index contributed by atoms with van der Waals surface area (Å²) in [4.78, 5) is 10.8. The van der Waals surface area contributed by atoms with Gasteiger partial charge in [0, 0.05) is 5.56 Å². The van der Waals surface area contributed by atoms with E-state index in [1.807, 2.05) is 12.1 Å². The van der Waals surface area contributed by atoms with Crippen LogP contribution < -0.4 is 0 Å². The average Bonchev–Trinajstić information content (AvgIpc) is 2.84. The number of aromatic nitrogens is 2. The summed E-state index contributed by atoms with van der Waals surface area (Å²) in [7, 11) is 0. The molecule has 0 amide bonds. The summed E-state index contributed by atoms with van der Waals surface area (Å²) < 4.78 is 0. The summed E-state index contributed by atoms with van der Waals surface area (Å²) in [6.45, 7) is 2.18. The molecule has 100 valence electrons. The molecule has 19 heavy (non-hydrogen) atoms. The molecule has 2 N–H and O–H groups in total. The van der Waals surface area contributed by atoms with Gasteiger partial charge in [0.05, 0.1) is 18.3 Å². The maximum atomic E-state index is 10.8. The van der Waals surface area contributed by atoms with Crippen LogP contribution in [0.1, 0.15) is 30.9 Å². The molecule has 0 fully saturated rings. The molecular weight excluding hydrogens is 240 g/mol. The van der Waals surface area contributed by atoms with Gasteiger partial charge in [0.25, 0.3) is 0 Å². The molecule has 0 bridgehead atoms. The van der Waals surface area contributed by atoms with E-state index in [0.29, 0.717) is 5.56 Å². The number of carboxylic acids is 1. The van der Waals surface area contributed by atoms with Gasteiger partial charge in [-0.25, -0.2) is 0 Å². The standard InChI is InChI=1S/C15H18N2O2/c1-2-3-4-11-5-7-12(8-6-11)15-13(9-14(18)19)10-16-17-15/h5-8,10H,2-4,9H2,1H3,(H,16,17)(H,18,19). The fourth-order valence-corrected chi connectivity index (χ4v) is 2.08. The van der Waals surface area contributed by atoms with Gasteiger partial charge < -0.3 is 5.11 Å². The van der Waals surface area contributed by atoms with Crippen molar-refractivity contribution in [1.29, 1.82) is 0 Å². The fourth-order valence-electron chi connectivity index (χ4n) is 2.08. The Morgan fingerprint density at radius 1 is 1.32 bits per heavy atom. The zero-order valence-electron chi connectivity index (χ0n) is 11.0. The van der Waals surface area contributed by atoms with Crippen molar-refractivity contribution in [3.05, 3.63) is 41.6 Å². The third-order valence-electron chi connectivity index (χ3n) is 3.12. The van der Waals surface area contributed by atoms with Gasteiger partial charge in [0.1, 0.15) is 0 Å². The topological polar surface area (TPSA) is 66.0 Å². The van der Waals surface area contributed by atoms with E-state index in [4.69, 9.17) is 5.11 Å². The molecule has 0 saturated heterocycles. The highest BCUT2D eigenvalue weighted by molar-refractivity contribution is 5.74. The van der Waals surface area contributed by atoms with Gasteiger partial charge in [-0.3, -0.25) is 9.89 Å². The summed E-state index contributed by atoms with van der Waals surface area (Å²) in [6, 6.07) is 8.22. The number of nitrogens with one attached hydrogen (secondary N) is 1. The van der Waals surface area contributed by atoms with Gasteiger partial charge in [-0.1, -0.05) is 37.6 Å². The lowest BCUT2D eigenvalue weighted by molar-refractivity contribution is -0.136. The smallest absolute Gasteiger partial charge is 0.307 e. The largest absolute Gasteiger partial charge is 0.481 e. The number of rotatable bonds is 6. The lowest BCUT2D eigenvalue weighted by atomic mass is 10.0. The first-order chi connectivity index (χ1) is 9.20. The maximum Gasteiger partial charge on any atom is 0.307 e. The van der Waals surface area contributed by atoms with E-state index >= 15 is 0 Å². The Morgan fingerprint density at radius 2 is 2.05 bits per heavy atom. The van der Waals surface area contributed by atoms with E-state index in [-0.39, 0.29) is 6.42 Å². The number of aromatic amines is 1. The highest BCUT2D eigenvalue weighted by Crippen LogP contribution is 2.22. The molecular formula is C15H18N2O2. The number of carbonyl (C=O) groups is 1. The van der Waals surface area contributed by atoms with Gasteiger partial charge in [-0.15, -0.1) is 0 Å². The van der Waals surface area contributed by atoms with Crippen molar-refractivity contribution in [1.82, 2.24) is 10.2 Å². The molecule has 0 aliphatic rings. The van der Waals surface area contributed by atoms with E-state index < -0.39 is 5.97 Å². The van der Waals surface area contributed by atoms with Gasteiger partial charge in [0.2, 0.25) is 0 Å². The van der Waals surface area contributed by atoms with Crippen LogP contribution in [-0.2, 0) is 17.6 Å². The highest BCUT2D eigenvalue weighted by Gasteiger charge is 2.10. The number of nitrogens with zero attached hydrogens (tertiary/aromatic N) is 1. The van der Waals surface area contributed by atoms with Crippen LogP contribution in [0.15, 0.2) is 30.5 Å². The predicted octanol–water partition coefficient (Wildman–Crippen LogP) is 3.05. The number of aliphatic carboxylic acids is 1. The Bertz CT molecular complexity index is 544. The second-order valence-corrected chi connectivity index (χ2v) is 4.64. The van der Waals surface area contributed by atoms with E-state index in [1.165, 1.54) is 18.4 Å². The molecule has 4 heteroatoms. The zero-order valence-corrected chi connectivity index (χ0v) is 11.0. The van der Waals surface area contributed by atoms with Crippen molar-refractivity contribution in [3.63, 3.8) is 0 Å². The van der Waals surface area contributed by atoms with Crippen LogP contribution in [0.4, 0.5) is 0 Å². The lowest BCUT2D eigenvalue weighted by Crippen LogP contribution is -2.00. The molecule has 0 unspecified atom stereocenters. The van der Waals surface area contributed by atoms with E-state index in [1.54, 1.807) is 6.20 Å². The number of benzene rings is 1. The molecule has 4 nitrogen and oxygen atoms in total. The third-order valence-corrected chi connectivity index (χ3v) is 3.12. The minimum Gasteiger partial charge on any atom is -0.481 e. The number of unbranched alkanes of at least 4 members (excludes halogenated alkanes) is 1. The molecule has 1 aromatic carbocycles. The summed E-state index contributed by atoms with van der Waals surface area (Å²) in [5.74, 6) is -0.845. The third kappa shape index (κ3) is 3.44. The Labute approximate surface area is 112 Å². The van der Waals surface area contributed by atoms with E-state index in [2.05, 4.69) is 29.3 Å². The van der Waals surface area contributed by atoms with Crippen LogP contribution in [0.2, 0.25) is 0 Å². The quantitative estimate of drug-likeness (QED) is 0.837. The average molecular weight is 258 g/mol. The maximum absolute atomic E-state index is 10.8. The molecule has 0 saturated carbocycles. The number of hydrogen-bond acceptors (Lipinski definition) is 2. The van der Waals surface area contributed by atoms with Gasteiger partial charge >= 0.3 is 5.97 Å². The fraction of sp³-hybridized carbons (Fsp3) is 0.333. The SMILES string of the molecule is CCCCc1ccc(-c2[nH]ncc2CC(=O)O)cc1. The Hall–Kier alpha value is -2.10. The molecule has 0 spiro atoms. The Morgan fingerprint density at radius 3 is 2.68 bits per heavy atom. The van der Waals surface area contributed by atoms with Crippen molar-refractivity contribution in [2.45, 2.75) is 32.6 Å². The molecule has 0 radical (unpaired) electrons. The van der Waals surface area contributed by atoms with Crippen LogP contribution in [-0.4, -0.2) is 21.3 Å². The normalized spacial score (nSPS) is 10.6. The minimum atomic E-state index is -0.845. The summed E-state index contributed by atoms with van der Waals surface area (Å²) in [5, 5.41) is 15.7. The van der Waals surface area contributed by atoms with Gasteiger partial charge in [-0.05, 0) is 24.0 Å². The first-order valence-corrected chi connectivity index (χ1v) is 6.54. The first-order valence-electron chi connectivity index (χ1n) is 6.54. The highest BCUT2D eigenvalue weighted by atomic mass is 16.4.